The van der Waals surface area contributed by atoms with Gasteiger partial charge in [-0.3, -0.25) is 9.59 Å². The number of thiazole rings is 1. The van der Waals surface area contributed by atoms with E-state index in [0.717, 1.165) is 16.3 Å². The van der Waals surface area contributed by atoms with Gasteiger partial charge in [0.05, 0.1) is 36.0 Å². The molecule has 0 amide bonds. The number of ether oxygens (including phenoxy) is 4. The lowest BCUT2D eigenvalue weighted by atomic mass is 9.84. The van der Waals surface area contributed by atoms with E-state index < -0.39 is 89.0 Å². The second-order valence-corrected chi connectivity index (χ2v) is 20.1. The topological polar surface area (TPSA) is 205 Å². The van der Waals surface area contributed by atoms with E-state index in [9.17, 15) is 39.9 Å². The number of ketones is 1. The number of Topliss-reactive ketones (excluding diaryl/α,β-unsaturated/α-hetero) is 1. The van der Waals surface area contributed by atoms with E-state index in [1.165, 1.54) is 39.2 Å². The first-order valence-corrected chi connectivity index (χ1v) is 23.3. The fourth-order valence-electron chi connectivity index (χ4n) is 8.08. The van der Waals surface area contributed by atoms with Gasteiger partial charge in [0.25, 0.3) is 0 Å². The van der Waals surface area contributed by atoms with E-state index in [0.29, 0.717) is 24.8 Å². The summed E-state index contributed by atoms with van der Waals surface area (Å²) in [6, 6.07) is 0. The number of allylic oxidation sites excluding steroid dienone is 5. The maximum Gasteiger partial charge on any atom is 0.350 e. The van der Waals surface area contributed by atoms with Gasteiger partial charge in [0.2, 0.25) is 5.60 Å². The van der Waals surface area contributed by atoms with Crippen LogP contribution in [0.5, 0.6) is 0 Å². The number of methoxy groups -OCH3 is 1. The van der Waals surface area contributed by atoms with Crippen LogP contribution in [-0.2, 0) is 45.4 Å². The van der Waals surface area contributed by atoms with Gasteiger partial charge in [-0.2, -0.15) is 0 Å². The fourth-order valence-corrected chi connectivity index (χ4v) is 9.08. The summed E-state index contributed by atoms with van der Waals surface area (Å²) in [5, 5.41) is 59.1. The fraction of sp³-hybridized carbons (Fsp3) is 0.714. The van der Waals surface area contributed by atoms with E-state index in [4.69, 9.17) is 23.9 Å². The predicted octanol–water partition coefficient (Wildman–Crippen LogP) is 6.73. The van der Waals surface area contributed by atoms with Crippen molar-refractivity contribution in [3.8, 4) is 0 Å². The number of epoxide rings is 1. The average molecular weight is 904 g/mol. The summed E-state index contributed by atoms with van der Waals surface area (Å²) >= 11 is 1.51. The standard InChI is InChI=1S/C49H77NO12S/c1-27-21-22-48(12,62-44(56)33(7)35(9)51)46(57)60-43(47(11,58)25-28(2)23-37-26-63-45(50-37)49(13)36(10)61-49)32(6)20-16-19-31(5)42(59-14)41(55)40(54)30(4)18-15-17-29(3)39(53)34(8)38(52)24-27/h15-17,19-20,25-27,29-30,32-36,38,40-43,51-52,54-55,58H,18,21-24H2,1-14H3/b17-15+,20-16+,28-25-,31-19-. The Morgan fingerprint density at radius 3 is 2.30 bits per heavy atom. The Labute approximate surface area is 379 Å². The molecule has 5 N–H and O–H groups in total. The summed E-state index contributed by atoms with van der Waals surface area (Å²) in [6.07, 6.45) is 5.06. The molecule has 0 aromatic carbocycles. The monoisotopic (exact) mass is 904 g/mol. The minimum atomic E-state index is -1.88. The molecule has 1 aromatic rings. The van der Waals surface area contributed by atoms with Crippen LogP contribution in [0.2, 0.25) is 0 Å². The molecule has 1 aromatic heterocycles. The largest absolute Gasteiger partial charge is 0.455 e. The second kappa shape index (κ2) is 22.9. The Balaban J connectivity index is 2.11. The van der Waals surface area contributed by atoms with Gasteiger partial charge in [0, 0.05) is 36.7 Å². The number of rotatable bonds is 9. The maximum atomic E-state index is 14.6. The summed E-state index contributed by atoms with van der Waals surface area (Å²) in [7, 11) is 1.44. The minimum absolute atomic E-state index is 0.0203. The van der Waals surface area contributed by atoms with Gasteiger partial charge in [-0.05, 0) is 98.5 Å². The highest BCUT2D eigenvalue weighted by atomic mass is 32.1. The van der Waals surface area contributed by atoms with Crippen molar-refractivity contribution in [3.63, 3.8) is 0 Å². The van der Waals surface area contributed by atoms with E-state index >= 15 is 0 Å². The third-order valence-corrected chi connectivity index (χ3v) is 14.3. The van der Waals surface area contributed by atoms with Gasteiger partial charge < -0.3 is 44.5 Å². The summed E-state index contributed by atoms with van der Waals surface area (Å²) in [5.41, 5.74) is -1.92. The molecule has 3 heterocycles. The van der Waals surface area contributed by atoms with Crippen LogP contribution >= 0.6 is 11.3 Å². The summed E-state index contributed by atoms with van der Waals surface area (Å²) in [6.45, 7) is 22.4. The first kappa shape index (κ1) is 54.3. The molecule has 0 saturated carbocycles. The first-order valence-electron chi connectivity index (χ1n) is 22.5. The van der Waals surface area contributed by atoms with E-state index in [1.807, 2.05) is 33.1 Å². The van der Waals surface area contributed by atoms with E-state index in [2.05, 4.69) is 0 Å². The molecule has 0 aliphatic carbocycles. The van der Waals surface area contributed by atoms with Gasteiger partial charge in [-0.1, -0.05) is 76.6 Å². The van der Waals surface area contributed by atoms with Gasteiger partial charge in [-0.25, -0.2) is 9.78 Å². The normalized spacial score (nSPS) is 38.7. The molecule has 1 saturated heterocycles. The van der Waals surface area contributed by atoms with Crippen LogP contribution in [0.25, 0.3) is 0 Å². The molecular weight excluding hydrogens is 827 g/mol. The molecule has 2 aliphatic rings. The number of aromatic nitrogens is 1. The van der Waals surface area contributed by atoms with Crippen molar-refractivity contribution in [2.45, 2.75) is 182 Å². The summed E-state index contributed by atoms with van der Waals surface area (Å²) in [5.74, 6) is -5.38. The number of nitrogens with zero attached hydrogens (tertiary/aromatic N) is 1. The summed E-state index contributed by atoms with van der Waals surface area (Å²) < 4.78 is 23.6. The van der Waals surface area contributed by atoms with Crippen molar-refractivity contribution in [1.29, 1.82) is 0 Å². The zero-order chi connectivity index (χ0) is 47.8. The molecule has 16 unspecified atom stereocenters. The molecule has 14 heteroatoms. The predicted molar refractivity (Wildman–Crippen MR) is 243 cm³/mol. The molecule has 2 aliphatic heterocycles. The maximum absolute atomic E-state index is 14.6. The van der Waals surface area contributed by atoms with Gasteiger partial charge in [0.1, 0.15) is 40.3 Å². The zero-order valence-electron chi connectivity index (χ0n) is 40.0. The highest BCUT2D eigenvalue weighted by molar-refractivity contribution is 7.09. The van der Waals surface area contributed by atoms with Crippen molar-refractivity contribution < 1.29 is 58.9 Å². The van der Waals surface area contributed by atoms with Crippen LogP contribution in [0, 0.1) is 35.5 Å². The van der Waals surface area contributed by atoms with Crippen molar-refractivity contribution >= 4 is 29.1 Å². The molecule has 356 valence electrons. The first-order chi connectivity index (χ1) is 29.2. The molecule has 0 bridgehead atoms. The van der Waals surface area contributed by atoms with Crippen LogP contribution in [-0.4, -0.2) is 109 Å². The second-order valence-electron chi connectivity index (χ2n) is 19.3. The average Bonchev–Trinajstić information content (AvgIpc) is 3.56. The molecule has 0 spiro atoms. The smallest absolute Gasteiger partial charge is 0.350 e. The molecule has 1 fully saturated rings. The van der Waals surface area contributed by atoms with Crippen LogP contribution in [0.1, 0.15) is 126 Å². The number of aliphatic hydroxyl groups excluding tert-OH is 4. The van der Waals surface area contributed by atoms with Gasteiger partial charge >= 0.3 is 11.9 Å². The number of carbonyl (C=O) groups is 3. The zero-order valence-corrected chi connectivity index (χ0v) is 40.8. The van der Waals surface area contributed by atoms with Gasteiger partial charge in [0.15, 0.2) is 0 Å². The Hall–Kier alpha value is -3.08. The Morgan fingerprint density at radius 1 is 1.08 bits per heavy atom. The summed E-state index contributed by atoms with van der Waals surface area (Å²) in [4.78, 5) is 46.2. The number of hydrogen-bond acceptors (Lipinski definition) is 14. The third kappa shape index (κ3) is 14.5. The SMILES string of the molecule is COC1/C(C)=C\C=C\C(C)C(C(C)(O)/C=C(/C)Cc2csc(C3(C)OC3C)n2)OC(=O)C(C)(OC(=O)C(C)C(C)O)CCC(C)CC(O)C(C)C(=O)C(C)/C=C/CC(C)C(O)C1O. The van der Waals surface area contributed by atoms with Crippen LogP contribution in [0.3, 0.4) is 0 Å². The number of carbonyl (C=O) groups excluding carboxylic acids is 3. The lowest BCUT2D eigenvalue weighted by Crippen LogP contribution is -2.51. The van der Waals surface area contributed by atoms with Crippen molar-refractivity contribution in [3.05, 3.63) is 63.7 Å². The van der Waals surface area contributed by atoms with Crippen LogP contribution in [0.4, 0.5) is 0 Å². The van der Waals surface area contributed by atoms with Crippen molar-refractivity contribution in [2.24, 2.45) is 35.5 Å². The quantitative estimate of drug-likeness (QED) is 0.0993. The lowest BCUT2D eigenvalue weighted by molar-refractivity contribution is -0.197. The number of esters is 2. The number of hydrogen-bond donors (Lipinski definition) is 5. The highest BCUT2D eigenvalue weighted by Gasteiger charge is 2.53. The van der Waals surface area contributed by atoms with Gasteiger partial charge in [-0.15, -0.1) is 11.3 Å². The molecule has 3 rings (SSSR count). The molecule has 63 heavy (non-hydrogen) atoms. The number of aliphatic hydroxyl groups is 5. The Morgan fingerprint density at radius 2 is 1.71 bits per heavy atom. The Kier molecular flexibility index (Phi) is 19.7. The molecular formula is C49H77NO12S. The van der Waals surface area contributed by atoms with E-state index in [1.54, 1.807) is 78.0 Å². The van der Waals surface area contributed by atoms with Crippen LogP contribution < -0.4 is 0 Å². The van der Waals surface area contributed by atoms with Crippen molar-refractivity contribution in [1.82, 2.24) is 4.98 Å². The Bertz CT molecular complexity index is 1820. The third-order valence-electron chi connectivity index (χ3n) is 13.1. The lowest BCUT2D eigenvalue weighted by Gasteiger charge is -2.37. The van der Waals surface area contributed by atoms with Crippen molar-refractivity contribution in [2.75, 3.05) is 7.11 Å². The number of cyclic esters (lactones) is 1. The molecule has 16 atom stereocenters. The van der Waals surface area contributed by atoms with Crippen LogP contribution in [0.15, 0.2) is 53.0 Å². The molecule has 13 nitrogen and oxygen atoms in total. The minimum Gasteiger partial charge on any atom is -0.455 e. The molecule has 0 radical (unpaired) electrons. The highest BCUT2D eigenvalue weighted by Crippen LogP contribution is 2.46. The van der Waals surface area contributed by atoms with E-state index in [-0.39, 0.29) is 36.6 Å².